The van der Waals surface area contributed by atoms with Crippen molar-refractivity contribution in [2.24, 2.45) is 35.5 Å². The molecule has 1 aliphatic heterocycles. The molecule has 0 radical (unpaired) electrons. The third-order valence-electron chi connectivity index (χ3n) is 13.1. The highest BCUT2D eigenvalue weighted by Crippen LogP contribution is 2.32. The van der Waals surface area contributed by atoms with Gasteiger partial charge >= 0.3 is 0 Å². The van der Waals surface area contributed by atoms with Crippen molar-refractivity contribution in [1.82, 2.24) is 24.9 Å². The lowest BCUT2D eigenvalue weighted by Crippen LogP contribution is -2.54. The van der Waals surface area contributed by atoms with Crippen molar-refractivity contribution in [3.8, 4) is 0 Å². The third-order valence-corrected chi connectivity index (χ3v) is 13.1. The highest BCUT2D eigenvalue weighted by Gasteiger charge is 2.43. The van der Waals surface area contributed by atoms with Crippen molar-refractivity contribution in [2.75, 3.05) is 62.0 Å². The Hall–Kier alpha value is -3.19. The molecule has 1 heterocycles. The van der Waals surface area contributed by atoms with Crippen molar-refractivity contribution in [1.29, 1.82) is 0 Å². The molecule has 12 nitrogen and oxygen atoms in total. The fraction of sp³-hybridized carbons (Fsp3) is 0.771. The summed E-state index contributed by atoms with van der Waals surface area (Å²) in [6.45, 7) is 19.9. The predicted molar refractivity (Wildman–Crippen MR) is 240 cm³/mol. The first-order chi connectivity index (χ1) is 28.2. The number of carbonyl (C=O) groups is 5. The van der Waals surface area contributed by atoms with Crippen LogP contribution < -0.4 is 5.32 Å². The van der Waals surface area contributed by atoms with Crippen LogP contribution in [0.5, 0.6) is 0 Å². The fourth-order valence-electron chi connectivity index (χ4n) is 9.07. The van der Waals surface area contributed by atoms with Crippen LogP contribution in [0.4, 0.5) is 0 Å². The number of ether oxygens (including phenoxy) is 2. The third kappa shape index (κ3) is 15.0. The maximum atomic E-state index is 14.5. The summed E-state index contributed by atoms with van der Waals surface area (Å²) >= 11 is 0. The molecule has 1 saturated heterocycles. The van der Waals surface area contributed by atoms with E-state index in [0.717, 1.165) is 18.4 Å². The van der Waals surface area contributed by atoms with Crippen LogP contribution in [0.15, 0.2) is 30.3 Å². The molecule has 9 atom stereocenters. The van der Waals surface area contributed by atoms with Gasteiger partial charge in [0.1, 0.15) is 5.78 Å². The first kappa shape index (κ1) is 52.9. The second kappa shape index (κ2) is 25.7. The van der Waals surface area contributed by atoms with E-state index in [-0.39, 0.29) is 84.4 Å². The largest absolute Gasteiger partial charge is 0.379 e. The van der Waals surface area contributed by atoms with E-state index >= 15 is 0 Å². The summed E-state index contributed by atoms with van der Waals surface area (Å²) < 4.78 is 12.2. The average Bonchev–Trinajstić information content (AvgIpc) is 3.68. The molecule has 0 saturated carbocycles. The quantitative estimate of drug-likeness (QED) is 0.114. The predicted octanol–water partition coefficient (Wildman–Crippen LogP) is 6.00. The van der Waals surface area contributed by atoms with Crippen LogP contribution in [-0.2, 0) is 39.9 Å². The van der Waals surface area contributed by atoms with Crippen molar-refractivity contribution in [2.45, 2.75) is 144 Å². The van der Waals surface area contributed by atoms with Gasteiger partial charge in [0.25, 0.3) is 0 Å². The molecule has 0 aliphatic carbocycles. The fourth-order valence-corrected chi connectivity index (χ4v) is 9.07. The number of amides is 3. The van der Waals surface area contributed by atoms with E-state index in [1.54, 1.807) is 26.2 Å². The second-order valence-electron chi connectivity index (χ2n) is 18.7. The lowest BCUT2D eigenvalue weighted by atomic mass is 9.83. The Kier molecular flexibility index (Phi) is 22.7. The van der Waals surface area contributed by atoms with Gasteiger partial charge in [0.05, 0.1) is 36.8 Å². The van der Waals surface area contributed by atoms with E-state index in [9.17, 15) is 24.0 Å². The van der Waals surface area contributed by atoms with Crippen LogP contribution in [0, 0.1) is 35.5 Å². The Balaban J connectivity index is 2.31. The van der Waals surface area contributed by atoms with E-state index in [0.29, 0.717) is 32.5 Å². The Labute approximate surface area is 363 Å². The number of nitrogens with zero attached hydrogens (tertiary/aromatic N) is 4. The number of methoxy groups -OCH3 is 2. The van der Waals surface area contributed by atoms with Crippen LogP contribution in [0.3, 0.4) is 0 Å². The molecular formula is C48H83N5O7. The SMILES string of the molecule is CC[C@H](C)[C@@H]([C@@H](CC(=O)N1CCCC1[C@H](OC)[C@@H](C)C(=O)C[C@@H](Cc1ccccc1)C(=O)NCCN(C)C)OC)N(C)C(=O)[C@@H](CC(=O)[C@H](C(C)C)N(C)C(C)C)C(C)C. The molecule has 0 aromatic heterocycles. The number of nitrogens with one attached hydrogen (secondary N) is 1. The Bertz CT molecular complexity index is 1490. The molecule has 1 aliphatic rings. The molecule has 12 heteroatoms. The molecule has 1 aromatic carbocycles. The first-order valence-electron chi connectivity index (χ1n) is 22.6. The smallest absolute Gasteiger partial charge is 0.226 e. The minimum absolute atomic E-state index is 0.00152. The Morgan fingerprint density at radius 1 is 0.833 bits per heavy atom. The molecule has 342 valence electrons. The second-order valence-corrected chi connectivity index (χ2v) is 18.7. The summed E-state index contributed by atoms with van der Waals surface area (Å²) in [6.07, 6.45) is 1.71. The van der Waals surface area contributed by atoms with Gasteiger partial charge in [-0.25, -0.2) is 0 Å². The Morgan fingerprint density at radius 2 is 1.47 bits per heavy atom. The van der Waals surface area contributed by atoms with Crippen LogP contribution >= 0.6 is 0 Å². The summed E-state index contributed by atoms with van der Waals surface area (Å²) in [5.41, 5.74) is 0.986. The lowest BCUT2D eigenvalue weighted by molar-refractivity contribution is -0.149. The lowest BCUT2D eigenvalue weighted by Gasteiger charge is -2.41. The summed E-state index contributed by atoms with van der Waals surface area (Å²) in [6, 6.07) is 8.87. The maximum Gasteiger partial charge on any atom is 0.226 e. The number of ketones is 2. The zero-order valence-electron chi connectivity index (χ0n) is 40.0. The molecule has 60 heavy (non-hydrogen) atoms. The number of likely N-dealkylation sites (N-methyl/N-ethyl adjacent to an activating group) is 3. The van der Waals surface area contributed by atoms with E-state index in [2.05, 4.69) is 51.8 Å². The van der Waals surface area contributed by atoms with Crippen molar-refractivity contribution in [3.63, 3.8) is 0 Å². The minimum atomic E-state index is -0.605. The highest BCUT2D eigenvalue weighted by molar-refractivity contribution is 5.90. The Morgan fingerprint density at radius 3 is 1.98 bits per heavy atom. The summed E-state index contributed by atoms with van der Waals surface area (Å²) in [5, 5.41) is 3.02. The zero-order chi connectivity index (χ0) is 45.4. The number of likely N-dealkylation sites (tertiary alicyclic amines) is 1. The average molecular weight is 842 g/mol. The molecule has 0 bridgehead atoms. The van der Waals surface area contributed by atoms with Crippen LogP contribution in [-0.4, -0.2) is 147 Å². The molecular weight excluding hydrogens is 759 g/mol. The highest BCUT2D eigenvalue weighted by atomic mass is 16.5. The number of benzene rings is 1. The van der Waals surface area contributed by atoms with Gasteiger partial charge in [-0.1, -0.05) is 85.2 Å². The first-order valence-corrected chi connectivity index (χ1v) is 22.6. The van der Waals surface area contributed by atoms with Gasteiger partial charge in [0.15, 0.2) is 5.78 Å². The topological polar surface area (TPSA) is 129 Å². The van der Waals surface area contributed by atoms with Gasteiger partial charge < -0.3 is 29.5 Å². The van der Waals surface area contributed by atoms with Crippen molar-refractivity contribution >= 4 is 29.3 Å². The normalized spacial score (nSPS) is 18.7. The van der Waals surface area contributed by atoms with Gasteiger partial charge in [0.2, 0.25) is 17.7 Å². The van der Waals surface area contributed by atoms with Crippen LogP contribution in [0.1, 0.15) is 106 Å². The number of hydrogen-bond acceptors (Lipinski definition) is 9. The zero-order valence-corrected chi connectivity index (χ0v) is 40.0. The number of carbonyl (C=O) groups excluding carboxylic acids is 5. The van der Waals surface area contributed by atoms with E-state index in [1.807, 2.05) is 82.0 Å². The maximum absolute atomic E-state index is 14.5. The van der Waals surface area contributed by atoms with Gasteiger partial charge in [0, 0.05) is 77.5 Å². The summed E-state index contributed by atoms with van der Waals surface area (Å²) in [5.74, 6) is -2.01. The summed E-state index contributed by atoms with van der Waals surface area (Å²) in [4.78, 5) is 78.0. The molecule has 0 spiro atoms. The van der Waals surface area contributed by atoms with E-state index in [1.165, 1.54) is 0 Å². The molecule has 1 fully saturated rings. The molecule has 1 unspecified atom stereocenters. The van der Waals surface area contributed by atoms with Gasteiger partial charge in [-0.15, -0.1) is 0 Å². The number of Topliss-reactive ketones (excluding diaryl/α,β-unsaturated/α-hetero) is 2. The molecule has 1 N–H and O–H groups in total. The van der Waals surface area contributed by atoms with Gasteiger partial charge in [-0.05, 0) is 77.6 Å². The van der Waals surface area contributed by atoms with Crippen molar-refractivity contribution in [3.05, 3.63) is 35.9 Å². The standard InChI is InChI=1S/C48H83N5O7/c1-16-34(8)45(52(13)48(58)38(31(2)3)29-41(55)44(32(4)5)51(12)33(6)7)42(59-14)30-43(56)53-25-20-23-39(53)46(60-15)35(9)40(54)28-37(27-36-21-18-17-19-22-36)47(57)49-24-26-50(10)11/h17-19,21-22,31-35,37-39,42,44-46H,16,20,23-30H2,1-15H3,(H,49,57)/t34-,35-,37+,38-,39?,42+,44-,45-,46+/m0/s1. The van der Waals surface area contributed by atoms with Crippen LogP contribution in [0.25, 0.3) is 0 Å². The van der Waals surface area contributed by atoms with Crippen LogP contribution in [0.2, 0.25) is 0 Å². The van der Waals surface area contributed by atoms with Gasteiger partial charge in [-0.3, -0.25) is 28.9 Å². The number of hydrogen-bond donors (Lipinski definition) is 1. The molecule has 2 rings (SSSR count). The molecule has 1 aromatic rings. The monoisotopic (exact) mass is 842 g/mol. The van der Waals surface area contributed by atoms with E-state index in [4.69, 9.17) is 9.47 Å². The minimum Gasteiger partial charge on any atom is -0.379 e. The van der Waals surface area contributed by atoms with Gasteiger partial charge in [-0.2, -0.15) is 0 Å². The number of rotatable bonds is 27. The summed E-state index contributed by atoms with van der Waals surface area (Å²) in [7, 11) is 10.8. The van der Waals surface area contributed by atoms with Crippen molar-refractivity contribution < 1.29 is 33.4 Å². The molecule has 3 amide bonds. The van der Waals surface area contributed by atoms with E-state index < -0.39 is 36.0 Å².